The van der Waals surface area contributed by atoms with Crippen LogP contribution in [-0.4, -0.2) is 15.9 Å². The van der Waals surface area contributed by atoms with Gasteiger partial charge in [0.2, 0.25) is 0 Å². The van der Waals surface area contributed by atoms with Crippen LogP contribution in [0.15, 0.2) is 18.2 Å². The lowest BCUT2D eigenvalue weighted by atomic mass is 10.1. The van der Waals surface area contributed by atoms with Gasteiger partial charge in [-0.05, 0) is 6.07 Å². The highest BCUT2D eigenvalue weighted by Gasteiger charge is 2.33. The number of nitro groups is 1. The van der Waals surface area contributed by atoms with E-state index in [1.165, 1.54) is 18.2 Å². The number of amides is 1. The molecule has 1 amide bonds. The molecule has 2 rings (SSSR count). The minimum absolute atomic E-state index is 0.0440. The van der Waals surface area contributed by atoms with Gasteiger partial charge in [0.25, 0.3) is 11.6 Å². The Kier molecular flexibility index (Phi) is 1.71. The third-order valence-electron chi connectivity index (χ3n) is 2.07. The van der Waals surface area contributed by atoms with E-state index in [9.17, 15) is 20.0 Å². The van der Waals surface area contributed by atoms with Gasteiger partial charge in [0.05, 0.1) is 16.1 Å². The van der Waals surface area contributed by atoms with Crippen molar-refractivity contribution in [3.05, 3.63) is 39.4 Å². The Morgan fingerprint density at radius 1 is 1.50 bits per heavy atom. The minimum atomic E-state index is -1.28. The van der Waals surface area contributed by atoms with Crippen molar-refractivity contribution < 1.29 is 14.8 Å². The SMILES string of the molecule is O=C1NC(O)c2c1cccc2[N+](=O)[O-]. The van der Waals surface area contributed by atoms with E-state index in [0.717, 1.165) is 0 Å². The molecule has 6 nitrogen and oxygen atoms in total. The Bertz CT molecular complexity index is 429. The largest absolute Gasteiger partial charge is 0.369 e. The number of nitrogens with zero attached hydrogens (tertiary/aromatic N) is 1. The average Bonchev–Trinajstić information content (AvgIpc) is 2.43. The van der Waals surface area contributed by atoms with Crippen LogP contribution < -0.4 is 5.32 Å². The molecule has 1 aromatic carbocycles. The third kappa shape index (κ3) is 1.05. The summed E-state index contributed by atoms with van der Waals surface area (Å²) in [6, 6.07) is 4.10. The number of carbonyl (C=O) groups is 1. The molecule has 0 aromatic heterocycles. The molecule has 1 aromatic rings. The number of rotatable bonds is 1. The van der Waals surface area contributed by atoms with Gasteiger partial charge in [0.1, 0.15) is 0 Å². The van der Waals surface area contributed by atoms with Gasteiger partial charge >= 0.3 is 0 Å². The van der Waals surface area contributed by atoms with Crippen LogP contribution in [0.3, 0.4) is 0 Å². The summed E-state index contributed by atoms with van der Waals surface area (Å²) in [4.78, 5) is 21.1. The van der Waals surface area contributed by atoms with Crippen molar-refractivity contribution in [3.63, 3.8) is 0 Å². The van der Waals surface area contributed by atoms with Crippen LogP contribution in [0.4, 0.5) is 5.69 Å². The minimum Gasteiger partial charge on any atom is -0.369 e. The maximum absolute atomic E-state index is 11.2. The van der Waals surface area contributed by atoms with Gasteiger partial charge in [-0.1, -0.05) is 6.07 Å². The van der Waals surface area contributed by atoms with Crippen molar-refractivity contribution in [1.82, 2.24) is 5.32 Å². The summed E-state index contributed by atoms with van der Waals surface area (Å²) in [6.07, 6.45) is -1.28. The molecule has 0 aliphatic carbocycles. The lowest BCUT2D eigenvalue weighted by Crippen LogP contribution is -2.18. The number of nitro benzene ring substituents is 1. The quantitative estimate of drug-likeness (QED) is 0.497. The first-order valence-corrected chi connectivity index (χ1v) is 3.87. The first kappa shape index (κ1) is 8.64. The normalized spacial score (nSPS) is 18.9. The van der Waals surface area contributed by atoms with Gasteiger partial charge in [-0.2, -0.15) is 0 Å². The molecule has 1 aliphatic rings. The number of aliphatic hydroxyl groups is 1. The van der Waals surface area contributed by atoms with Crippen LogP contribution in [-0.2, 0) is 0 Å². The number of aliphatic hydroxyl groups excluding tert-OH is 1. The zero-order valence-corrected chi connectivity index (χ0v) is 6.93. The number of carbonyl (C=O) groups excluding carboxylic acids is 1. The second-order valence-electron chi connectivity index (χ2n) is 2.87. The summed E-state index contributed by atoms with van der Waals surface area (Å²) in [7, 11) is 0. The van der Waals surface area contributed by atoms with E-state index in [1.54, 1.807) is 0 Å². The molecule has 0 bridgehead atoms. The van der Waals surface area contributed by atoms with Crippen molar-refractivity contribution in [1.29, 1.82) is 0 Å². The summed E-state index contributed by atoms with van der Waals surface area (Å²) in [5.41, 5.74) is -0.0393. The van der Waals surface area contributed by atoms with Gasteiger partial charge in [0.15, 0.2) is 6.23 Å². The maximum Gasteiger partial charge on any atom is 0.277 e. The number of benzene rings is 1. The van der Waals surface area contributed by atoms with Crippen LogP contribution in [0.1, 0.15) is 22.1 Å². The molecule has 1 heterocycles. The second kappa shape index (κ2) is 2.78. The second-order valence-corrected chi connectivity index (χ2v) is 2.87. The summed E-state index contributed by atoms with van der Waals surface area (Å²) in [5, 5.41) is 22.1. The third-order valence-corrected chi connectivity index (χ3v) is 2.07. The average molecular weight is 194 g/mol. The monoisotopic (exact) mass is 194 g/mol. The molecule has 1 aliphatic heterocycles. The Balaban J connectivity index is 2.68. The molecule has 0 saturated heterocycles. The first-order chi connectivity index (χ1) is 6.61. The number of nitrogens with one attached hydrogen (secondary N) is 1. The van der Waals surface area contributed by atoms with Gasteiger partial charge in [-0.25, -0.2) is 0 Å². The topological polar surface area (TPSA) is 92.5 Å². The van der Waals surface area contributed by atoms with Gasteiger partial charge in [-0.15, -0.1) is 0 Å². The van der Waals surface area contributed by atoms with Crippen LogP contribution in [0.2, 0.25) is 0 Å². The molecule has 1 unspecified atom stereocenters. The van der Waals surface area contributed by atoms with Gasteiger partial charge < -0.3 is 10.4 Å². The van der Waals surface area contributed by atoms with E-state index >= 15 is 0 Å². The smallest absolute Gasteiger partial charge is 0.277 e. The number of hydrogen-bond donors (Lipinski definition) is 2. The van der Waals surface area contributed by atoms with E-state index < -0.39 is 17.1 Å². The standard InChI is InChI=1S/C8H6N2O4/c11-7-4-2-1-3-5(10(13)14)6(4)8(12)9-7/h1-3,8,12H,(H,9,11). The number of fused-ring (bicyclic) bond motifs is 1. The van der Waals surface area contributed by atoms with Crippen molar-refractivity contribution >= 4 is 11.6 Å². The van der Waals surface area contributed by atoms with E-state index in [1.807, 2.05) is 0 Å². The summed E-state index contributed by atoms with van der Waals surface area (Å²) in [5.74, 6) is -0.490. The Labute approximate surface area is 78.3 Å². The summed E-state index contributed by atoms with van der Waals surface area (Å²) in [6.45, 7) is 0. The lowest BCUT2D eigenvalue weighted by Gasteiger charge is -2.02. The van der Waals surface area contributed by atoms with E-state index in [0.29, 0.717) is 0 Å². The van der Waals surface area contributed by atoms with Crippen LogP contribution in [0.5, 0.6) is 0 Å². The van der Waals surface area contributed by atoms with Crippen LogP contribution in [0.25, 0.3) is 0 Å². The highest BCUT2D eigenvalue weighted by Crippen LogP contribution is 2.31. The highest BCUT2D eigenvalue weighted by atomic mass is 16.6. The molecular formula is C8H6N2O4. The molecule has 1 atom stereocenters. The molecule has 0 radical (unpaired) electrons. The molecule has 6 heteroatoms. The molecule has 2 N–H and O–H groups in total. The van der Waals surface area contributed by atoms with Crippen molar-refractivity contribution in [2.75, 3.05) is 0 Å². The lowest BCUT2D eigenvalue weighted by molar-refractivity contribution is -0.386. The Morgan fingerprint density at radius 3 is 2.86 bits per heavy atom. The Hall–Kier alpha value is -1.95. The zero-order valence-electron chi connectivity index (χ0n) is 6.93. The fourth-order valence-corrected chi connectivity index (χ4v) is 1.47. The molecule has 0 fully saturated rings. The van der Waals surface area contributed by atoms with E-state index in [2.05, 4.69) is 5.32 Å². The zero-order chi connectivity index (χ0) is 10.3. The molecule has 0 saturated carbocycles. The fraction of sp³-hybridized carbons (Fsp3) is 0.125. The van der Waals surface area contributed by atoms with E-state index in [-0.39, 0.29) is 16.8 Å². The maximum atomic E-state index is 11.2. The molecule has 0 spiro atoms. The van der Waals surface area contributed by atoms with Crippen molar-refractivity contribution in [2.45, 2.75) is 6.23 Å². The molecule has 14 heavy (non-hydrogen) atoms. The molecular weight excluding hydrogens is 188 g/mol. The van der Waals surface area contributed by atoms with Gasteiger partial charge in [-0.3, -0.25) is 14.9 Å². The predicted molar refractivity (Wildman–Crippen MR) is 45.5 cm³/mol. The first-order valence-electron chi connectivity index (χ1n) is 3.87. The summed E-state index contributed by atoms with van der Waals surface area (Å²) < 4.78 is 0. The number of hydrogen-bond acceptors (Lipinski definition) is 4. The van der Waals surface area contributed by atoms with Gasteiger partial charge in [0, 0.05) is 6.07 Å². The highest BCUT2D eigenvalue weighted by molar-refractivity contribution is 6.00. The fourth-order valence-electron chi connectivity index (χ4n) is 1.47. The van der Waals surface area contributed by atoms with E-state index in [4.69, 9.17) is 0 Å². The summed E-state index contributed by atoms with van der Waals surface area (Å²) >= 11 is 0. The van der Waals surface area contributed by atoms with Crippen molar-refractivity contribution in [2.24, 2.45) is 0 Å². The van der Waals surface area contributed by atoms with Crippen molar-refractivity contribution in [3.8, 4) is 0 Å². The van der Waals surface area contributed by atoms with Crippen LogP contribution >= 0.6 is 0 Å². The Morgan fingerprint density at radius 2 is 2.21 bits per heavy atom. The van der Waals surface area contributed by atoms with Crippen LogP contribution in [0, 0.1) is 10.1 Å². The molecule has 72 valence electrons. The predicted octanol–water partition coefficient (Wildman–Crippen LogP) is 0.329.